The number of amides is 1. The number of carbonyl (C=O) groups is 1. The van der Waals surface area contributed by atoms with Gasteiger partial charge in [0.05, 0.1) is 5.56 Å². The summed E-state index contributed by atoms with van der Waals surface area (Å²) in [5.41, 5.74) is 0.376. The number of nitrogens with one attached hydrogen (secondary N) is 1. The fourth-order valence-electron chi connectivity index (χ4n) is 2.52. The molecule has 0 aliphatic heterocycles. The molecule has 9 heteroatoms. The zero-order valence-electron chi connectivity index (χ0n) is 17.1. The highest BCUT2D eigenvalue weighted by molar-refractivity contribution is 6.45. The minimum atomic E-state index is -4.50. The molecule has 0 aliphatic rings. The van der Waals surface area contributed by atoms with Crippen molar-refractivity contribution in [3.63, 3.8) is 0 Å². The number of benzene rings is 2. The number of rotatable bonds is 6. The third-order valence-electron chi connectivity index (χ3n) is 3.93. The molecule has 6 nitrogen and oxygen atoms in total. The lowest BCUT2D eigenvalue weighted by atomic mass is 10.0. The Balaban J connectivity index is 2.18. The van der Waals surface area contributed by atoms with Crippen LogP contribution in [-0.2, 0) is 27.3 Å². The van der Waals surface area contributed by atoms with Crippen molar-refractivity contribution in [1.82, 2.24) is 5.32 Å². The molecule has 162 valence electrons. The standard InChI is InChI=1S/C22H20F3N3O3/c1-15(12-13-16-8-5-7-11-19(16)22(23,24)25)27-31-14-17-9-4-6-10-18(17)20(28-30-3)21(29)26-2/h4-11H,14H2,1-3H3,(H,26,29)/b27-15+,28-20+. The number of oxime groups is 2. The Morgan fingerprint density at radius 3 is 2.45 bits per heavy atom. The second-order valence-corrected chi connectivity index (χ2v) is 6.10. The molecule has 0 saturated carbocycles. The first kappa shape index (κ1) is 23.5. The molecule has 0 aliphatic carbocycles. The molecule has 0 radical (unpaired) electrons. The molecule has 31 heavy (non-hydrogen) atoms. The van der Waals surface area contributed by atoms with Gasteiger partial charge in [0.25, 0.3) is 5.91 Å². The van der Waals surface area contributed by atoms with Crippen LogP contribution in [0.3, 0.4) is 0 Å². The van der Waals surface area contributed by atoms with E-state index in [0.29, 0.717) is 11.1 Å². The summed E-state index contributed by atoms with van der Waals surface area (Å²) in [6.45, 7) is 1.49. The van der Waals surface area contributed by atoms with E-state index in [1.54, 1.807) is 24.3 Å². The summed E-state index contributed by atoms with van der Waals surface area (Å²) in [6.07, 6.45) is -4.50. The highest BCUT2D eigenvalue weighted by atomic mass is 19.4. The average molecular weight is 431 g/mol. The van der Waals surface area contributed by atoms with Gasteiger partial charge in [0, 0.05) is 23.7 Å². The molecule has 0 fully saturated rings. The van der Waals surface area contributed by atoms with Crippen molar-refractivity contribution in [3.8, 4) is 11.8 Å². The smallest absolute Gasteiger partial charge is 0.398 e. The third kappa shape index (κ3) is 6.60. The highest BCUT2D eigenvalue weighted by Gasteiger charge is 2.32. The summed E-state index contributed by atoms with van der Waals surface area (Å²) in [5.74, 6) is 4.58. The Kier molecular flexibility index (Phi) is 8.20. The van der Waals surface area contributed by atoms with Crippen LogP contribution in [-0.4, -0.2) is 31.5 Å². The number of alkyl halides is 3. The van der Waals surface area contributed by atoms with Gasteiger partial charge in [0.1, 0.15) is 19.4 Å². The molecule has 0 aromatic heterocycles. The van der Waals surface area contributed by atoms with Crippen molar-refractivity contribution < 1.29 is 27.6 Å². The maximum Gasteiger partial charge on any atom is 0.417 e. The monoisotopic (exact) mass is 431 g/mol. The van der Waals surface area contributed by atoms with Gasteiger partial charge in [0.2, 0.25) is 0 Å². The highest BCUT2D eigenvalue weighted by Crippen LogP contribution is 2.31. The van der Waals surface area contributed by atoms with E-state index in [2.05, 4.69) is 27.5 Å². The predicted molar refractivity (Wildman–Crippen MR) is 110 cm³/mol. The first-order chi connectivity index (χ1) is 14.8. The maximum absolute atomic E-state index is 13.0. The molecule has 0 spiro atoms. The van der Waals surface area contributed by atoms with Gasteiger partial charge < -0.3 is 15.0 Å². The minimum absolute atomic E-state index is 0.0198. The van der Waals surface area contributed by atoms with E-state index in [-0.39, 0.29) is 23.6 Å². The van der Waals surface area contributed by atoms with Crippen LogP contribution in [0.2, 0.25) is 0 Å². The largest absolute Gasteiger partial charge is 0.417 e. The van der Waals surface area contributed by atoms with Gasteiger partial charge in [-0.2, -0.15) is 13.2 Å². The van der Waals surface area contributed by atoms with Gasteiger partial charge in [-0.1, -0.05) is 52.6 Å². The summed E-state index contributed by atoms with van der Waals surface area (Å²) in [4.78, 5) is 22.1. The van der Waals surface area contributed by atoms with Crippen LogP contribution in [0.15, 0.2) is 58.8 Å². The Morgan fingerprint density at radius 2 is 1.77 bits per heavy atom. The minimum Gasteiger partial charge on any atom is -0.398 e. The van der Waals surface area contributed by atoms with Gasteiger partial charge in [-0.05, 0) is 25.0 Å². The van der Waals surface area contributed by atoms with Gasteiger partial charge in [-0.3, -0.25) is 4.79 Å². The SMILES string of the molecule is CNC(=O)/C(=N/OC)c1ccccc1CO/N=C(\C)C#Cc1ccccc1C(F)(F)F. The summed E-state index contributed by atoms with van der Waals surface area (Å²) in [5, 5.41) is 10.1. The van der Waals surface area contributed by atoms with Crippen LogP contribution in [0.1, 0.15) is 29.2 Å². The van der Waals surface area contributed by atoms with Crippen molar-refractivity contribution in [2.75, 3.05) is 14.2 Å². The molecule has 2 aromatic rings. The number of hydrogen-bond acceptors (Lipinski definition) is 5. The van der Waals surface area contributed by atoms with E-state index < -0.39 is 17.6 Å². The van der Waals surface area contributed by atoms with Crippen LogP contribution in [0, 0.1) is 11.8 Å². The normalized spacial score (nSPS) is 11.9. The fraction of sp³-hybridized carbons (Fsp3) is 0.227. The Morgan fingerprint density at radius 1 is 1.10 bits per heavy atom. The molecule has 0 unspecified atom stereocenters. The van der Waals surface area contributed by atoms with Crippen molar-refractivity contribution in [3.05, 3.63) is 70.8 Å². The second kappa shape index (κ2) is 10.8. The van der Waals surface area contributed by atoms with Crippen LogP contribution in [0.25, 0.3) is 0 Å². The Hall–Kier alpha value is -3.80. The maximum atomic E-state index is 13.0. The van der Waals surface area contributed by atoms with Gasteiger partial charge in [-0.25, -0.2) is 0 Å². The number of carbonyl (C=O) groups excluding carboxylic acids is 1. The molecule has 0 saturated heterocycles. The summed E-state index contributed by atoms with van der Waals surface area (Å²) >= 11 is 0. The van der Waals surface area contributed by atoms with E-state index in [1.165, 1.54) is 39.3 Å². The lowest BCUT2D eigenvalue weighted by Crippen LogP contribution is -2.29. The number of nitrogens with zero attached hydrogens (tertiary/aromatic N) is 2. The van der Waals surface area contributed by atoms with Crippen molar-refractivity contribution >= 4 is 17.3 Å². The first-order valence-electron chi connectivity index (χ1n) is 9.04. The molecule has 2 rings (SSSR count). The molecule has 1 N–H and O–H groups in total. The lowest BCUT2D eigenvalue weighted by Gasteiger charge is -2.10. The zero-order valence-corrected chi connectivity index (χ0v) is 17.1. The van der Waals surface area contributed by atoms with E-state index in [4.69, 9.17) is 9.68 Å². The van der Waals surface area contributed by atoms with E-state index >= 15 is 0 Å². The zero-order chi connectivity index (χ0) is 22.9. The number of likely N-dealkylation sites (N-methyl/N-ethyl adjacent to an activating group) is 1. The first-order valence-corrected chi connectivity index (χ1v) is 9.04. The molecule has 2 aromatic carbocycles. The molecule has 0 atom stereocenters. The molecule has 1 amide bonds. The number of hydrogen-bond donors (Lipinski definition) is 1. The van der Waals surface area contributed by atoms with E-state index in [1.807, 2.05) is 0 Å². The molecular formula is C22H20F3N3O3. The predicted octanol–water partition coefficient (Wildman–Crippen LogP) is 3.75. The second-order valence-electron chi connectivity index (χ2n) is 6.10. The average Bonchev–Trinajstić information content (AvgIpc) is 2.75. The van der Waals surface area contributed by atoms with Crippen molar-refractivity contribution in [1.29, 1.82) is 0 Å². The fourth-order valence-corrected chi connectivity index (χ4v) is 2.52. The lowest BCUT2D eigenvalue weighted by molar-refractivity contribution is -0.137. The molecular weight excluding hydrogens is 411 g/mol. The van der Waals surface area contributed by atoms with Gasteiger partial charge in [-0.15, -0.1) is 0 Å². The van der Waals surface area contributed by atoms with Gasteiger partial charge >= 0.3 is 6.18 Å². The van der Waals surface area contributed by atoms with Crippen LogP contribution < -0.4 is 5.32 Å². The van der Waals surface area contributed by atoms with Gasteiger partial charge in [0.15, 0.2) is 5.71 Å². The van der Waals surface area contributed by atoms with E-state index in [9.17, 15) is 18.0 Å². The summed E-state index contributed by atoms with van der Waals surface area (Å²) in [7, 11) is 2.79. The quantitative estimate of drug-likeness (QED) is 0.430. The summed E-state index contributed by atoms with van der Waals surface area (Å²) in [6, 6.07) is 11.9. The topological polar surface area (TPSA) is 72.3 Å². The van der Waals surface area contributed by atoms with Crippen molar-refractivity contribution in [2.24, 2.45) is 10.3 Å². The molecule has 0 bridgehead atoms. The van der Waals surface area contributed by atoms with Crippen LogP contribution in [0.4, 0.5) is 13.2 Å². The molecule has 0 heterocycles. The summed E-state index contributed by atoms with van der Waals surface area (Å²) < 4.78 is 39.1. The van der Waals surface area contributed by atoms with Crippen LogP contribution >= 0.6 is 0 Å². The van der Waals surface area contributed by atoms with Crippen LogP contribution in [0.5, 0.6) is 0 Å². The Bertz CT molecular complexity index is 1050. The number of halogens is 3. The Labute approximate surface area is 177 Å². The third-order valence-corrected chi connectivity index (χ3v) is 3.93. The van der Waals surface area contributed by atoms with Crippen molar-refractivity contribution in [2.45, 2.75) is 19.7 Å². The van der Waals surface area contributed by atoms with E-state index in [0.717, 1.165) is 6.07 Å².